The Hall–Kier alpha value is -1.13. The van der Waals surface area contributed by atoms with Gasteiger partial charge in [-0.3, -0.25) is 0 Å². The zero-order chi connectivity index (χ0) is 13.0. The quantitative estimate of drug-likeness (QED) is 0.821. The van der Waals surface area contributed by atoms with E-state index in [0.717, 1.165) is 37.3 Å². The van der Waals surface area contributed by atoms with Gasteiger partial charge in [-0.05, 0) is 37.8 Å². The van der Waals surface area contributed by atoms with Crippen LogP contribution in [0, 0.1) is 5.92 Å². The first-order chi connectivity index (χ1) is 8.68. The number of thiocarbonyl (C=S) groups is 1. The van der Waals surface area contributed by atoms with E-state index in [9.17, 15) is 0 Å². The lowest BCUT2D eigenvalue weighted by molar-refractivity contribution is 0.0622. The van der Waals surface area contributed by atoms with Gasteiger partial charge in [-0.2, -0.15) is 0 Å². The third-order valence-corrected chi connectivity index (χ3v) is 3.77. The van der Waals surface area contributed by atoms with Gasteiger partial charge in [0.25, 0.3) is 0 Å². The van der Waals surface area contributed by atoms with E-state index in [-0.39, 0.29) is 0 Å². The Morgan fingerprint density at radius 2 is 2.06 bits per heavy atom. The monoisotopic (exact) mass is 264 g/mol. The van der Waals surface area contributed by atoms with E-state index in [0.29, 0.717) is 16.9 Å². The second kappa shape index (κ2) is 6.16. The molecule has 1 saturated heterocycles. The number of benzene rings is 1. The van der Waals surface area contributed by atoms with Crippen LogP contribution in [0.15, 0.2) is 24.3 Å². The molecule has 1 heterocycles. The molecule has 0 radical (unpaired) electrons. The molecule has 1 aliphatic heterocycles. The molecule has 1 aromatic rings. The highest BCUT2D eigenvalue weighted by atomic mass is 32.1. The molecule has 0 aromatic heterocycles. The van der Waals surface area contributed by atoms with Crippen LogP contribution in [0.1, 0.15) is 25.3 Å². The molecule has 1 aromatic carbocycles. The van der Waals surface area contributed by atoms with Crippen LogP contribution in [0.4, 0.5) is 5.69 Å². The number of nitrogens with one attached hydrogen (secondary N) is 1. The SMILES string of the molecule is CC(Nc1ccccc1C(N)=S)C1CCOCC1. The molecule has 4 heteroatoms. The summed E-state index contributed by atoms with van der Waals surface area (Å²) in [7, 11) is 0. The number of hydrogen-bond donors (Lipinski definition) is 2. The Morgan fingerprint density at radius 3 is 2.72 bits per heavy atom. The normalized spacial score (nSPS) is 18.3. The predicted molar refractivity (Wildman–Crippen MR) is 79.0 cm³/mol. The predicted octanol–water partition coefficient (Wildman–Crippen LogP) is 2.55. The maximum atomic E-state index is 5.74. The standard InChI is InChI=1S/C14H20N2OS/c1-10(11-6-8-17-9-7-11)16-13-5-3-2-4-12(13)14(15)18/h2-5,10-11,16H,6-9H2,1H3,(H2,15,18). The summed E-state index contributed by atoms with van der Waals surface area (Å²) in [6.45, 7) is 3.95. The van der Waals surface area contributed by atoms with Gasteiger partial charge in [0, 0.05) is 30.5 Å². The maximum absolute atomic E-state index is 5.74. The Balaban J connectivity index is 2.06. The zero-order valence-corrected chi connectivity index (χ0v) is 11.5. The second-order valence-corrected chi connectivity index (χ2v) is 5.23. The molecule has 0 spiro atoms. The molecule has 3 nitrogen and oxygen atoms in total. The molecule has 0 bridgehead atoms. The molecule has 0 saturated carbocycles. The summed E-state index contributed by atoms with van der Waals surface area (Å²) >= 11 is 5.08. The molecule has 1 atom stereocenters. The van der Waals surface area contributed by atoms with Crippen LogP contribution in [0.2, 0.25) is 0 Å². The Bertz CT molecular complexity index is 416. The molecular formula is C14H20N2OS. The van der Waals surface area contributed by atoms with Crippen molar-refractivity contribution in [3.8, 4) is 0 Å². The van der Waals surface area contributed by atoms with E-state index in [1.807, 2.05) is 24.3 Å². The number of rotatable bonds is 4. The Morgan fingerprint density at radius 1 is 1.39 bits per heavy atom. The van der Waals surface area contributed by atoms with Crippen molar-refractivity contribution in [2.45, 2.75) is 25.8 Å². The number of hydrogen-bond acceptors (Lipinski definition) is 3. The summed E-state index contributed by atoms with van der Waals surface area (Å²) in [6.07, 6.45) is 2.23. The number of anilines is 1. The Kier molecular flexibility index (Phi) is 4.55. The van der Waals surface area contributed by atoms with Gasteiger partial charge >= 0.3 is 0 Å². The molecule has 1 fully saturated rings. The van der Waals surface area contributed by atoms with E-state index in [1.165, 1.54) is 0 Å². The van der Waals surface area contributed by atoms with Gasteiger partial charge in [-0.15, -0.1) is 0 Å². The summed E-state index contributed by atoms with van der Waals surface area (Å²) in [5.41, 5.74) is 7.69. The molecule has 98 valence electrons. The molecule has 0 amide bonds. The highest BCUT2D eigenvalue weighted by Crippen LogP contribution is 2.23. The molecular weight excluding hydrogens is 244 g/mol. The summed E-state index contributed by atoms with van der Waals surface area (Å²) in [5.74, 6) is 0.651. The van der Waals surface area contributed by atoms with Crippen molar-refractivity contribution in [2.75, 3.05) is 18.5 Å². The smallest absolute Gasteiger partial charge is 0.106 e. The first-order valence-corrected chi connectivity index (χ1v) is 6.82. The minimum Gasteiger partial charge on any atom is -0.389 e. The lowest BCUT2D eigenvalue weighted by atomic mass is 9.92. The van der Waals surface area contributed by atoms with Crippen LogP contribution in [0.25, 0.3) is 0 Å². The van der Waals surface area contributed by atoms with Crippen LogP contribution < -0.4 is 11.1 Å². The third-order valence-electron chi connectivity index (χ3n) is 3.55. The highest BCUT2D eigenvalue weighted by Gasteiger charge is 2.21. The van der Waals surface area contributed by atoms with Crippen LogP contribution in [-0.2, 0) is 4.74 Å². The van der Waals surface area contributed by atoms with Gasteiger partial charge in [0.1, 0.15) is 4.99 Å². The van der Waals surface area contributed by atoms with Gasteiger partial charge in [-0.1, -0.05) is 24.4 Å². The highest BCUT2D eigenvalue weighted by molar-refractivity contribution is 7.80. The van der Waals surface area contributed by atoms with Crippen molar-refractivity contribution in [3.05, 3.63) is 29.8 Å². The third kappa shape index (κ3) is 3.21. The van der Waals surface area contributed by atoms with E-state index in [1.54, 1.807) is 0 Å². The number of nitrogens with two attached hydrogens (primary N) is 1. The van der Waals surface area contributed by atoms with Crippen LogP contribution >= 0.6 is 12.2 Å². The molecule has 2 rings (SSSR count). The van der Waals surface area contributed by atoms with Crippen LogP contribution in [0.3, 0.4) is 0 Å². The van der Waals surface area contributed by atoms with Crippen molar-refractivity contribution in [1.82, 2.24) is 0 Å². The van der Waals surface area contributed by atoms with Crippen molar-refractivity contribution < 1.29 is 4.74 Å². The number of para-hydroxylation sites is 1. The van der Waals surface area contributed by atoms with Gasteiger partial charge in [0.2, 0.25) is 0 Å². The fourth-order valence-corrected chi connectivity index (χ4v) is 2.58. The molecule has 1 unspecified atom stereocenters. The van der Waals surface area contributed by atoms with E-state index in [2.05, 4.69) is 12.2 Å². The lowest BCUT2D eigenvalue weighted by Crippen LogP contribution is -2.31. The van der Waals surface area contributed by atoms with Crippen molar-refractivity contribution in [2.24, 2.45) is 11.7 Å². The summed E-state index contributed by atoms with van der Waals surface area (Å²) in [5, 5.41) is 3.54. The molecule has 0 aliphatic carbocycles. The maximum Gasteiger partial charge on any atom is 0.106 e. The Labute approximate surface area is 114 Å². The fourth-order valence-electron chi connectivity index (χ4n) is 2.40. The van der Waals surface area contributed by atoms with Gasteiger partial charge in [-0.25, -0.2) is 0 Å². The van der Waals surface area contributed by atoms with Gasteiger partial charge in [0.05, 0.1) is 0 Å². The van der Waals surface area contributed by atoms with Crippen molar-refractivity contribution in [1.29, 1.82) is 0 Å². The van der Waals surface area contributed by atoms with Crippen molar-refractivity contribution >= 4 is 22.9 Å². The van der Waals surface area contributed by atoms with Crippen molar-refractivity contribution in [3.63, 3.8) is 0 Å². The van der Waals surface area contributed by atoms with E-state index < -0.39 is 0 Å². The molecule has 18 heavy (non-hydrogen) atoms. The second-order valence-electron chi connectivity index (χ2n) is 4.79. The first-order valence-electron chi connectivity index (χ1n) is 6.41. The van der Waals surface area contributed by atoms with Crippen LogP contribution in [-0.4, -0.2) is 24.2 Å². The minimum absolute atomic E-state index is 0.407. The average Bonchev–Trinajstić information content (AvgIpc) is 2.40. The number of ether oxygens (including phenoxy) is 1. The van der Waals surface area contributed by atoms with E-state index in [4.69, 9.17) is 22.7 Å². The first kappa shape index (κ1) is 13.3. The minimum atomic E-state index is 0.407. The lowest BCUT2D eigenvalue weighted by Gasteiger charge is -2.29. The van der Waals surface area contributed by atoms with E-state index >= 15 is 0 Å². The summed E-state index contributed by atoms with van der Waals surface area (Å²) < 4.78 is 5.39. The largest absolute Gasteiger partial charge is 0.389 e. The van der Waals surface area contributed by atoms with Gasteiger partial charge < -0.3 is 15.8 Å². The van der Waals surface area contributed by atoms with Crippen LogP contribution in [0.5, 0.6) is 0 Å². The topological polar surface area (TPSA) is 47.3 Å². The molecule has 3 N–H and O–H groups in total. The zero-order valence-electron chi connectivity index (χ0n) is 10.7. The average molecular weight is 264 g/mol. The summed E-state index contributed by atoms with van der Waals surface area (Å²) in [6, 6.07) is 8.36. The molecule has 1 aliphatic rings. The van der Waals surface area contributed by atoms with Gasteiger partial charge in [0.15, 0.2) is 0 Å². The summed E-state index contributed by atoms with van der Waals surface area (Å²) in [4.78, 5) is 0.442. The fraction of sp³-hybridized carbons (Fsp3) is 0.500.